The average molecular weight is 340 g/mol. The summed E-state index contributed by atoms with van der Waals surface area (Å²) in [5.41, 5.74) is 1.21. The van der Waals surface area contributed by atoms with E-state index in [9.17, 15) is 14.9 Å². The van der Waals surface area contributed by atoms with Crippen molar-refractivity contribution in [1.82, 2.24) is 4.90 Å². The van der Waals surface area contributed by atoms with Crippen molar-refractivity contribution in [2.75, 3.05) is 19.6 Å². The first kappa shape index (κ1) is 17.1. The van der Waals surface area contributed by atoms with E-state index in [1.54, 1.807) is 0 Å². The third kappa shape index (κ3) is 4.42. The molecule has 130 valence electrons. The second-order valence-corrected chi connectivity index (χ2v) is 6.12. The second kappa shape index (κ2) is 7.90. The molecular formula is C19H20N2O4. The van der Waals surface area contributed by atoms with E-state index in [0.29, 0.717) is 12.1 Å². The predicted octanol–water partition coefficient (Wildman–Crippen LogP) is 3.59. The van der Waals surface area contributed by atoms with Crippen LogP contribution in [0.4, 0.5) is 5.69 Å². The van der Waals surface area contributed by atoms with Gasteiger partial charge in [0.1, 0.15) is 6.10 Å². The van der Waals surface area contributed by atoms with Crippen LogP contribution in [0.25, 0.3) is 0 Å². The van der Waals surface area contributed by atoms with E-state index in [0.717, 1.165) is 31.5 Å². The molecule has 2 aromatic rings. The summed E-state index contributed by atoms with van der Waals surface area (Å²) in [6.07, 6.45) is 1.97. The molecule has 1 atom stereocenters. The molecule has 1 heterocycles. The van der Waals surface area contributed by atoms with Gasteiger partial charge in [0, 0.05) is 18.7 Å². The normalized spacial score (nSPS) is 15.7. The third-order valence-corrected chi connectivity index (χ3v) is 4.36. The maximum atomic E-state index is 12.5. The zero-order valence-corrected chi connectivity index (χ0v) is 13.8. The van der Waals surface area contributed by atoms with Crippen LogP contribution < -0.4 is 0 Å². The van der Waals surface area contributed by atoms with Gasteiger partial charge in [0.25, 0.3) is 5.69 Å². The van der Waals surface area contributed by atoms with Gasteiger partial charge in [0.2, 0.25) is 0 Å². The van der Waals surface area contributed by atoms with E-state index < -0.39 is 10.9 Å². The summed E-state index contributed by atoms with van der Waals surface area (Å²) in [6, 6.07) is 15.2. The van der Waals surface area contributed by atoms with E-state index in [1.807, 2.05) is 30.3 Å². The number of likely N-dealkylation sites (tertiary alicyclic amines) is 1. The number of nitro groups is 1. The van der Waals surface area contributed by atoms with Gasteiger partial charge in [-0.3, -0.25) is 15.0 Å². The van der Waals surface area contributed by atoms with Gasteiger partial charge < -0.3 is 4.74 Å². The molecule has 0 radical (unpaired) electrons. The lowest BCUT2D eigenvalue weighted by Gasteiger charge is -2.24. The first-order valence-corrected chi connectivity index (χ1v) is 8.36. The Morgan fingerprint density at radius 1 is 1.08 bits per heavy atom. The van der Waals surface area contributed by atoms with Crippen molar-refractivity contribution >= 4 is 11.7 Å². The summed E-state index contributed by atoms with van der Waals surface area (Å²) in [5.74, 6) is -0.469. The van der Waals surface area contributed by atoms with Crippen molar-refractivity contribution < 1.29 is 14.5 Å². The van der Waals surface area contributed by atoms with Crippen LogP contribution in [0.5, 0.6) is 0 Å². The van der Waals surface area contributed by atoms with E-state index in [2.05, 4.69) is 4.90 Å². The van der Waals surface area contributed by atoms with E-state index in [1.165, 1.54) is 24.3 Å². The molecule has 1 aliphatic heterocycles. The van der Waals surface area contributed by atoms with Crippen LogP contribution in [-0.4, -0.2) is 35.4 Å². The Morgan fingerprint density at radius 3 is 2.32 bits per heavy atom. The highest BCUT2D eigenvalue weighted by Crippen LogP contribution is 2.23. The second-order valence-electron chi connectivity index (χ2n) is 6.12. The fourth-order valence-corrected chi connectivity index (χ4v) is 2.99. The number of non-ortho nitro benzene ring substituents is 1. The zero-order valence-electron chi connectivity index (χ0n) is 13.8. The summed E-state index contributed by atoms with van der Waals surface area (Å²) in [6.45, 7) is 2.68. The summed E-state index contributed by atoms with van der Waals surface area (Å²) in [5, 5.41) is 10.7. The summed E-state index contributed by atoms with van der Waals surface area (Å²) in [4.78, 5) is 25.0. The van der Waals surface area contributed by atoms with Gasteiger partial charge in [0.15, 0.2) is 0 Å². The molecule has 2 aromatic carbocycles. The highest BCUT2D eigenvalue weighted by Gasteiger charge is 2.23. The van der Waals surface area contributed by atoms with Crippen molar-refractivity contribution in [3.8, 4) is 0 Å². The molecule has 0 spiro atoms. The Bertz CT molecular complexity index is 725. The molecule has 1 unspecified atom stereocenters. The SMILES string of the molecule is O=C(OC(CN1CCCC1)c1ccccc1)c1ccc([N+](=O)[O-])cc1. The zero-order chi connectivity index (χ0) is 17.6. The van der Waals surface area contributed by atoms with Crippen LogP contribution in [0.3, 0.4) is 0 Å². The minimum Gasteiger partial charge on any atom is -0.453 e. The van der Waals surface area contributed by atoms with E-state index in [-0.39, 0.29) is 11.8 Å². The molecule has 0 saturated carbocycles. The molecule has 0 aromatic heterocycles. The lowest BCUT2D eigenvalue weighted by molar-refractivity contribution is -0.384. The molecule has 6 heteroatoms. The molecular weight excluding hydrogens is 320 g/mol. The van der Waals surface area contributed by atoms with E-state index >= 15 is 0 Å². The number of hydrogen-bond donors (Lipinski definition) is 0. The predicted molar refractivity (Wildman–Crippen MR) is 93.4 cm³/mol. The number of carbonyl (C=O) groups excluding carboxylic acids is 1. The molecule has 1 fully saturated rings. The Hall–Kier alpha value is -2.73. The van der Waals surface area contributed by atoms with Crippen LogP contribution in [0, 0.1) is 10.1 Å². The molecule has 6 nitrogen and oxygen atoms in total. The number of carbonyl (C=O) groups is 1. The Labute approximate surface area is 146 Å². The summed E-state index contributed by atoms with van der Waals surface area (Å²) >= 11 is 0. The minimum absolute atomic E-state index is 0.0479. The Balaban J connectivity index is 1.74. The molecule has 25 heavy (non-hydrogen) atoms. The summed E-state index contributed by atoms with van der Waals surface area (Å²) in [7, 11) is 0. The highest BCUT2D eigenvalue weighted by molar-refractivity contribution is 5.89. The average Bonchev–Trinajstić information content (AvgIpc) is 3.15. The van der Waals surface area contributed by atoms with Crippen LogP contribution in [0.1, 0.15) is 34.9 Å². The van der Waals surface area contributed by atoms with Crippen molar-refractivity contribution in [2.45, 2.75) is 18.9 Å². The van der Waals surface area contributed by atoms with Crippen LogP contribution in [-0.2, 0) is 4.74 Å². The summed E-state index contributed by atoms with van der Waals surface area (Å²) < 4.78 is 5.73. The number of ether oxygens (including phenoxy) is 1. The fourth-order valence-electron chi connectivity index (χ4n) is 2.99. The first-order valence-electron chi connectivity index (χ1n) is 8.36. The number of hydrogen-bond acceptors (Lipinski definition) is 5. The van der Waals surface area contributed by atoms with Crippen LogP contribution >= 0.6 is 0 Å². The van der Waals surface area contributed by atoms with Gasteiger partial charge in [-0.15, -0.1) is 0 Å². The maximum absolute atomic E-state index is 12.5. The molecule has 1 aliphatic rings. The van der Waals surface area contributed by atoms with Crippen molar-refractivity contribution in [1.29, 1.82) is 0 Å². The van der Waals surface area contributed by atoms with Crippen molar-refractivity contribution in [2.24, 2.45) is 0 Å². The standard InChI is InChI=1S/C19H20N2O4/c22-19(16-8-10-17(11-9-16)21(23)24)25-18(14-20-12-4-5-13-20)15-6-2-1-3-7-15/h1-3,6-11,18H,4-5,12-14H2. The van der Waals surface area contributed by atoms with Gasteiger partial charge in [-0.2, -0.15) is 0 Å². The number of nitro benzene ring substituents is 1. The monoisotopic (exact) mass is 340 g/mol. The van der Waals surface area contributed by atoms with Crippen LogP contribution in [0.15, 0.2) is 54.6 Å². The molecule has 3 rings (SSSR count). The number of nitrogens with zero attached hydrogens (tertiary/aromatic N) is 2. The lowest BCUT2D eigenvalue weighted by Crippen LogP contribution is -2.28. The number of esters is 1. The minimum atomic E-state index is -0.491. The van der Waals surface area contributed by atoms with Gasteiger partial charge in [-0.1, -0.05) is 30.3 Å². The fraction of sp³-hybridized carbons (Fsp3) is 0.316. The van der Waals surface area contributed by atoms with Crippen molar-refractivity contribution in [3.63, 3.8) is 0 Å². The Morgan fingerprint density at radius 2 is 1.72 bits per heavy atom. The van der Waals surface area contributed by atoms with Gasteiger partial charge >= 0.3 is 5.97 Å². The van der Waals surface area contributed by atoms with Gasteiger partial charge in [-0.05, 0) is 43.6 Å². The molecule has 0 bridgehead atoms. The lowest BCUT2D eigenvalue weighted by atomic mass is 10.1. The molecule has 0 aliphatic carbocycles. The molecule has 0 N–H and O–H groups in total. The molecule has 0 amide bonds. The van der Waals surface area contributed by atoms with E-state index in [4.69, 9.17) is 4.74 Å². The van der Waals surface area contributed by atoms with Crippen molar-refractivity contribution in [3.05, 3.63) is 75.8 Å². The maximum Gasteiger partial charge on any atom is 0.338 e. The molecule has 1 saturated heterocycles. The quantitative estimate of drug-likeness (QED) is 0.456. The number of benzene rings is 2. The number of rotatable bonds is 6. The smallest absolute Gasteiger partial charge is 0.338 e. The van der Waals surface area contributed by atoms with Crippen LogP contribution in [0.2, 0.25) is 0 Å². The van der Waals surface area contributed by atoms with Gasteiger partial charge in [0.05, 0.1) is 10.5 Å². The Kier molecular flexibility index (Phi) is 5.40. The first-order chi connectivity index (χ1) is 12.1. The third-order valence-electron chi connectivity index (χ3n) is 4.36. The highest BCUT2D eigenvalue weighted by atomic mass is 16.6. The topological polar surface area (TPSA) is 72.7 Å². The van der Waals surface area contributed by atoms with Gasteiger partial charge in [-0.25, -0.2) is 4.79 Å². The largest absolute Gasteiger partial charge is 0.453 e.